The number of nitrogens with zero attached hydrogens (tertiary/aromatic N) is 2. The van der Waals surface area contributed by atoms with Gasteiger partial charge in [-0.3, -0.25) is 9.59 Å². The van der Waals surface area contributed by atoms with Gasteiger partial charge < -0.3 is 24.0 Å². The molecule has 8 heteroatoms. The number of carbonyl (C=O) groups excluding carboxylic acids is 2. The number of benzene rings is 1. The molecule has 7 nitrogen and oxygen atoms in total. The van der Waals surface area contributed by atoms with E-state index in [4.69, 9.17) is 14.2 Å². The molecule has 0 atom stereocenters. The highest BCUT2D eigenvalue weighted by molar-refractivity contribution is 7.09. The van der Waals surface area contributed by atoms with E-state index in [0.29, 0.717) is 44.2 Å². The van der Waals surface area contributed by atoms with E-state index >= 15 is 0 Å². The molecule has 30 heavy (non-hydrogen) atoms. The van der Waals surface area contributed by atoms with Crippen LogP contribution < -0.4 is 9.47 Å². The summed E-state index contributed by atoms with van der Waals surface area (Å²) < 4.78 is 15.7. The Labute approximate surface area is 182 Å². The van der Waals surface area contributed by atoms with Gasteiger partial charge in [-0.05, 0) is 35.6 Å². The zero-order valence-corrected chi connectivity index (χ0v) is 18.9. The molecule has 0 radical (unpaired) electrons. The van der Waals surface area contributed by atoms with Crippen molar-refractivity contribution in [3.8, 4) is 11.5 Å². The zero-order valence-electron chi connectivity index (χ0n) is 18.1. The molecule has 0 unspecified atom stereocenters. The van der Waals surface area contributed by atoms with Crippen molar-refractivity contribution in [2.75, 3.05) is 47.6 Å². The summed E-state index contributed by atoms with van der Waals surface area (Å²) in [5.41, 5.74) is 1.04. The van der Waals surface area contributed by atoms with Crippen molar-refractivity contribution in [3.63, 3.8) is 0 Å². The molecule has 1 heterocycles. The number of ether oxygens (including phenoxy) is 3. The minimum absolute atomic E-state index is 0.0377. The largest absolute Gasteiger partial charge is 0.493 e. The Morgan fingerprint density at radius 1 is 1.00 bits per heavy atom. The highest BCUT2D eigenvalue weighted by Gasteiger charge is 2.20. The zero-order chi connectivity index (χ0) is 21.9. The number of rotatable bonds is 12. The van der Waals surface area contributed by atoms with Gasteiger partial charge in [-0.15, -0.1) is 11.3 Å². The second-order valence-corrected chi connectivity index (χ2v) is 7.80. The monoisotopic (exact) mass is 434 g/mol. The van der Waals surface area contributed by atoms with E-state index in [1.165, 1.54) is 11.8 Å². The Balaban J connectivity index is 2.10. The van der Waals surface area contributed by atoms with E-state index in [1.807, 2.05) is 35.7 Å². The molecule has 0 aliphatic carbocycles. The van der Waals surface area contributed by atoms with Crippen LogP contribution in [0.15, 0.2) is 35.7 Å². The van der Waals surface area contributed by atoms with Gasteiger partial charge in [-0.2, -0.15) is 0 Å². The summed E-state index contributed by atoms with van der Waals surface area (Å²) in [4.78, 5) is 29.4. The minimum Gasteiger partial charge on any atom is -0.493 e. The first-order valence-electron chi connectivity index (χ1n) is 9.74. The van der Waals surface area contributed by atoms with Crippen molar-refractivity contribution >= 4 is 23.2 Å². The smallest absolute Gasteiger partial charge is 0.242 e. The summed E-state index contributed by atoms with van der Waals surface area (Å²) in [6, 6.07) is 9.73. The van der Waals surface area contributed by atoms with Crippen molar-refractivity contribution in [2.45, 2.75) is 19.9 Å². The van der Waals surface area contributed by atoms with Crippen molar-refractivity contribution in [1.29, 1.82) is 0 Å². The molecule has 2 rings (SSSR count). The number of amides is 2. The molecular weight excluding hydrogens is 404 g/mol. The molecule has 1 aromatic heterocycles. The number of hydrogen-bond acceptors (Lipinski definition) is 6. The van der Waals surface area contributed by atoms with Gasteiger partial charge in [0, 0.05) is 32.0 Å². The lowest BCUT2D eigenvalue weighted by Crippen LogP contribution is -2.43. The first-order chi connectivity index (χ1) is 14.5. The normalized spacial score (nSPS) is 10.5. The predicted octanol–water partition coefficient (Wildman–Crippen LogP) is 2.83. The molecule has 0 aliphatic rings. The second-order valence-electron chi connectivity index (χ2n) is 6.77. The number of carbonyl (C=O) groups is 2. The summed E-state index contributed by atoms with van der Waals surface area (Å²) in [6.45, 7) is 3.33. The quantitative estimate of drug-likeness (QED) is 0.514. The van der Waals surface area contributed by atoms with Crippen LogP contribution in [0, 0.1) is 0 Å². The summed E-state index contributed by atoms with van der Waals surface area (Å²) in [6.07, 6.45) is 0.662. The predicted molar refractivity (Wildman–Crippen MR) is 117 cm³/mol. The molecule has 2 amide bonds. The van der Waals surface area contributed by atoms with Gasteiger partial charge in [0.2, 0.25) is 11.8 Å². The summed E-state index contributed by atoms with van der Waals surface area (Å²) >= 11 is 1.61. The van der Waals surface area contributed by atoms with E-state index in [0.717, 1.165) is 10.4 Å². The molecule has 0 fully saturated rings. The average molecular weight is 435 g/mol. The van der Waals surface area contributed by atoms with Crippen molar-refractivity contribution < 1.29 is 23.8 Å². The van der Waals surface area contributed by atoms with E-state index < -0.39 is 0 Å². The van der Waals surface area contributed by atoms with Gasteiger partial charge in [0.05, 0.1) is 33.9 Å². The van der Waals surface area contributed by atoms with E-state index in [1.54, 1.807) is 37.6 Å². The Morgan fingerprint density at radius 2 is 1.77 bits per heavy atom. The third-order valence-corrected chi connectivity index (χ3v) is 5.60. The molecule has 0 saturated heterocycles. The maximum Gasteiger partial charge on any atom is 0.242 e. The molecule has 0 saturated carbocycles. The summed E-state index contributed by atoms with van der Waals surface area (Å²) in [5.74, 6) is 1.10. The highest BCUT2D eigenvalue weighted by atomic mass is 32.1. The van der Waals surface area contributed by atoms with Crippen molar-refractivity contribution in [1.82, 2.24) is 9.80 Å². The molecule has 0 spiro atoms. The van der Waals surface area contributed by atoms with Gasteiger partial charge in [0.1, 0.15) is 0 Å². The lowest BCUT2D eigenvalue weighted by atomic mass is 10.1. The van der Waals surface area contributed by atoms with Crippen LogP contribution in [0.4, 0.5) is 0 Å². The van der Waals surface area contributed by atoms with Crippen LogP contribution in [0.25, 0.3) is 0 Å². The highest BCUT2D eigenvalue weighted by Crippen LogP contribution is 2.27. The topological polar surface area (TPSA) is 68.3 Å². The Kier molecular flexibility index (Phi) is 9.63. The third kappa shape index (κ3) is 7.03. The number of methoxy groups -OCH3 is 3. The summed E-state index contributed by atoms with van der Waals surface area (Å²) in [7, 11) is 4.78. The molecule has 2 aromatic rings. The van der Waals surface area contributed by atoms with Crippen LogP contribution >= 0.6 is 11.3 Å². The number of hydrogen-bond donors (Lipinski definition) is 0. The number of thiophene rings is 1. The van der Waals surface area contributed by atoms with Crippen LogP contribution in [0.2, 0.25) is 0 Å². The molecule has 0 bridgehead atoms. The first-order valence-corrected chi connectivity index (χ1v) is 10.6. The van der Waals surface area contributed by atoms with Crippen LogP contribution in [-0.2, 0) is 27.3 Å². The van der Waals surface area contributed by atoms with Crippen LogP contribution in [-0.4, -0.2) is 69.2 Å². The van der Waals surface area contributed by atoms with Gasteiger partial charge in [-0.1, -0.05) is 12.1 Å². The fourth-order valence-corrected chi connectivity index (χ4v) is 3.71. The minimum atomic E-state index is -0.142. The molecule has 164 valence electrons. The van der Waals surface area contributed by atoms with Crippen LogP contribution in [0.5, 0.6) is 11.5 Å². The van der Waals surface area contributed by atoms with Crippen LogP contribution in [0.1, 0.15) is 17.4 Å². The molecule has 1 aromatic carbocycles. The average Bonchev–Trinajstić information content (AvgIpc) is 3.26. The maximum atomic E-state index is 13.0. The van der Waals surface area contributed by atoms with E-state index in [9.17, 15) is 9.59 Å². The second kappa shape index (κ2) is 12.2. The first kappa shape index (κ1) is 23.7. The fraction of sp³-hybridized carbons (Fsp3) is 0.455. The molecule has 0 N–H and O–H groups in total. The maximum absolute atomic E-state index is 13.0. The van der Waals surface area contributed by atoms with Gasteiger partial charge in [0.15, 0.2) is 11.5 Å². The van der Waals surface area contributed by atoms with E-state index in [2.05, 4.69) is 0 Å². The lowest BCUT2D eigenvalue weighted by Gasteiger charge is -2.27. The standard InChI is InChI=1S/C22H30N2O5S/c1-17(25)23(11-12-27-2)16-22(26)24(15-19-6-5-13-30-19)10-9-18-7-8-20(28-3)21(14-18)29-4/h5-8,13-14H,9-12,15-16H2,1-4H3. The SMILES string of the molecule is COCCN(CC(=O)N(CCc1ccc(OC)c(OC)c1)Cc1cccs1)C(C)=O. The van der Waals surface area contributed by atoms with Crippen LogP contribution in [0.3, 0.4) is 0 Å². The lowest BCUT2D eigenvalue weighted by molar-refractivity contribution is -0.140. The Hall–Kier alpha value is -2.58. The Morgan fingerprint density at radius 3 is 2.37 bits per heavy atom. The Bertz CT molecular complexity index is 810. The van der Waals surface area contributed by atoms with Gasteiger partial charge in [-0.25, -0.2) is 0 Å². The molecular formula is C22H30N2O5S. The molecule has 0 aliphatic heterocycles. The van der Waals surface area contributed by atoms with Crippen molar-refractivity contribution in [2.24, 2.45) is 0 Å². The van der Waals surface area contributed by atoms with Gasteiger partial charge >= 0.3 is 0 Å². The van der Waals surface area contributed by atoms with Gasteiger partial charge in [0.25, 0.3) is 0 Å². The van der Waals surface area contributed by atoms with E-state index in [-0.39, 0.29) is 18.4 Å². The van der Waals surface area contributed by atoms with Crippen molar-refractivity contribution in [3.05, 3.63) is 46.2 Å². The summed E-state index contributed by atoms with van der Waals surface area (Å²) in [5, 5.41) is 1.99. The fourth-order valence-electron chi connectivity index (χ4n) is 3.00. The third-order valence-electron chi connectivity index (χ3n) is 4.73.